The van der Waals surface area contributed by atoms with Gasteiger partial charge < -0.3 is 14.4 Å². The molecule has 4 atom stereocenters. The van der Waals surface area contributed by atoms with Crippen LogP contribution >= 0.6 is 11.6 Å². The number of anilines is 1. The lowest BCUT2D eigenvalue weighted by Crippen LogP contribution is -2.49. The zero-order valence-corrected chi connectivity index (χ0v) is 23.8. The van der Waals surface area contributed by atoms with Crippen molar-refractivity contribution in [2.24, 2.45) is 17.8 Å². The van der Waals surface area contributed by atoms with E-state index >= 15 is 0 Å². The fraction of sp³-hybridized carbons (Fsp3) is 0.500. The Kier molecular flexibility index (Phi) is 7.14. The number of allylic oxidation sites excluding steroid dienone is 1. The van der Waals surface area contributed by atoms with Crippen LogP contribution in [0, 0.1) is 17.8 Å². The molecule has 1 amide bonds. The van der Waals surface area contributed by atoms with Crippen LogP contribution < -0.4 is 14.4 Å². The van der Waals surface area contributed by atoms with Crippen molar-refractivity contribution in [1.29, 1.82) is 0 Å². The Bertz CT molecular complexity index is 1410. The first-order valence-electron chi connectivity index (χ1n) is 13.8. The van der Waals surface area contributed by atoms with Gasteiger partial charge in [-0.15, -0.1) is 0 Å². The minimum atomic E-state index is -4.07. The summed E-state index contributed by atoms with van der Waals surface area (Å²) in [7, 11) is -4.07. The molecule has 0 saturated heterocycles. The summed E-state index contributed by atoms with van der Waals surface area (Å²) in [5.74, 6) is 1.38. The van der Waals surface area contributed by atoms with Crippen molar-refractivity contribution in [1.82, 2.24) is 4.72 Å². The highest BCUT2D eigenvalue weighted by Gasteiger charge is 2.44. The van der Waals surface area contributed by atoms with Crippen LogP contribution in [0.3, 0.4) is 0 Å². The second-order valence-corrected chi connectivity index (χ2v) is 13.7. The Morgan fingerprint density at radius 3 is 2.85 bits per heavy atom. The number of hydrogen-bond donors (Lipinski definition) is 1. The van der Waals surface area contributed by atoms with Crippen molar-refractivity contribution in [2.45, 2.75) is 49.3 Å². The normalized spacial score (nSPS) is 31.1. The summed E-state index contributed by atoms with van der Waals surface area (Å²) in [6.07, 6.45) is 9.43. The van der Waals surface area contributed by atoms with Gasteiger partial charge in [-0.3, -0.25) is 4.79 Å². The summed E-state index contributed by atoms with van der Waals surface area (Å²) < 4.78 is 40.4. The number of nitrogens with one attached hydrogen (secondary N) is 1. The van der Waals surface area contributed by atoms with E-state index < -0.39 is 15.9 Å². The van der Waals surface area contributed by atoms with E-state index in [2.05, 4.69) is 34.8 Å². The van der Waals surface area contributed by atoms with E-state index in [1.807, 2.05) is 12.1 Å². The van der Waals surface area contributed by atoms with Gasteiger partial charge in [-0.05, 0) is 91.3 Å². The zero-order chi connectivity index (χ0) is 27.2. The number of hydrogen-bond acceptors (Lipinski definition) is 6. The number of rotatable bonds is 0. The van der Waals surface area contributed by atoms with Gasteiger partial charge >= 0.3 is 0 Å². The average Bonchev–Trinajstić information content (AvgIpc) is 3.02. The van der Waals surface area contributed by atoms with Gasteiger partial charge in [0.1, 0.15) is 12.4 Å². The number of carbonyl (C=O) groups excluding carboxylic acids is 1. The molecule has 6 rings (SSSR count). The van der Waals surface area contributed by atoms with Crippen molar-refractivity contribution >= 4 is 33.2 Å². The van der Waals surface area contributed by atoms with Gasteiger partial charge in [-0.2, -0.15) is 0 Å². The van der Waals surface area contributed by atoms with Gasteiger partial charge in [-0.1, -0.05) is 36.7 Å². The molecule has 0 radical (unpaired) electrons. The summed E-state index contributed by atoms with van der Waals surface area (Å²) in [4.78, 5) is 14.8. The summed E-state index contributed by atoms with van der Waals surface area (Å²) in [6, 6.07) is 11.1. The van der Waals surface area contributed by atoms with Crippen LogP contribution in [-0.4, -0.2) is 47.2 Å². The van der Waals surface area contributed by atoms with Crippen molar-refractivity contribution in [2.75, 3.05) is 37.8 Å². The Labute approximate surface area is 235 Å². The molecule has 2 aliphatic carbocycles. The summed E-state index contributed by atoms with van der Waals surface area (Å²) in [6.45, 7) is 4.25. The smallest absolute Gasteiger partial charge is 0.264 e. The minimum absolute atomic E-state index is 0.0421. The van der Waals surface area contributed by atoms with Crippen molar-refractivity contribution in [3.8, 4) is 5.75 Å². The second-order valence-electron chi connectivity index (χ2n) is 11.6. The molecule has 208 valence electrons. The van der Waals surface area contributed by atoms with Crippen molar-refractivity contribution in [3.63, 3.8) is 0 Å². The van der Waals surface area contributed by atoms with Crippen LogP contribution in [0.5, 0.6) is 5.75 Å². The van der Waals surface area contributed by atoms with Crippen molar-refractivity contribution < 1.29 is 22.7 Å². The Hall–Kier alpha value is -2.55. The maximum Gasteiger partial charge on any atom is 0.264 e. The number of nitrogens with zero attached hydrogens (tertiary/aromatic N) is 1. The highest BCUT2D eigenvalue weighted by atomic mass is 35.5. The standard InChI is InChI=1S/C30H35ClN2O5S/c1-20-4-3-13-37-17-29(34)32-39(35,36)24-8-11-28-27(15-24)33(16-22-6-9-25(20)22)18-30(19-38-28)12-2-5-21-14-23(31)7-10-26(21)30/h3-4,7-8,10-11,14-15,20,22,25H,2,5-6,9,12-13,16-19H2,1H3,(H,32,34)/b4-3+/t20-,22-,25-,30-/m0/s1. The molecule has 2 heterocycles. The number of carbonyl (C=O) groups is 1. The monoisotopic (exact) mass is 570 g/mol. The second kappa shape index (κ2) is 10.5. The summed E-state index contributed by atoms with van der Waals surface area (Å²) in [5, 5.41) is 0.746. The summed E-state index contributed by atoms with van der Waals surface area (Å²) >= 11 is 6.37. The van der Waals surface area contributed by atoms with E-state index in [-0.39, 0.29) is 23.5 Å². The molecular weight excluding hydrogens is 536 g/mol. The molecule has 4 aliphatic rings. The lowest BCUT2D eigenvalue weighted by molar-refractivity contribution is -0.123. The predicted octanol–water partition coefficient (Wildman–Crippen LogP) is 4.87. The molecule has 0 unspecified atom stereocenters. The first kappa shape index (κ1) is 26.7. The van der Waals surface area contributed by atoms with Gasteiger partial charge in [-0.25, -0.2) is 13.1 Å². The lowest BCUT2D eigenvalue weighted by Gasteiger charge is -2.46. The van der Waals surface area contributed by atoms with Gasteiger partial charge in [0.25, 0.3) is 15.9 Å². The first-order chi connectivity index (χ1) is 18.7. The molecule has 1 saturated carbocycles. The summed E-state index contributed by atoms with van der Waals surface area (Å²) in [5.41, 5.74) is 3.08. The largest absolute Gasteiger partial charge is 0.490 e. The third-order valence-corrected chi connectivity index (χ3v) is 10.7. The number of sulfonamides is 1. The van der Waals surface area contributed by atoms with E-state index in [0.717, 1.165) is 55.9 Å². The molecule has 39 heavy (non-hydrogen) atoms. The molecule has 2 aliphatic heterocycles. The van der Waals surface area contributed by atoms with Crippen LogP contribution in [0.25, 0.3) is 0 Å². The highest BCUT2D eigenvalue weighted by molar-refractivity contribution is 7.90. The SMILES string of the molecule is C[C@H]1/C=C/COCC(=O)NS(=O)(=O)c2ccc3c(c2)N(C[C@@H]2CC[C@H]21)C[C@@]1(CCCc2cc(Cl)ccc21)CO3. The van der Waals surface area contributed by atoms with E-state index in [4.69, 9.17) is 21.1 Å². The van der Waals surface area contributed by atoms with Crippen LogP contribution in [0.2, 0.25) is 5.02 Å². The van der Waals surface area contributed by atoms with E-state index in [0.29, 0.717) is 30.1 Å². The highest BCUT2D eigenvalue weighted by Crippen LogP contribution is 2.47. The van der Waals surface area contributed by atoms with Gasteiger partial charge in [0, 0.05) is 23.5 Å². The molecule has 1 spiro atoms. The lowest BCUT2D eigenvalue weighted by atomic mass is 9.66. The van der Waals surface area contributed by atoms with Crippen molar-refractivity contribution in [3.05, 3.63) is 64.7 Å². The fourth-order valence-corrected chi connectivity index (χ4v) is 8.11. The fourth-order valence-electron chi connectivity index (χ4n) is 6.93. The van der Waals surface area contributed by atoms with Crippen LogP contribution in [0.4, 0.5) is 5.69 Å². The maximum absolute atomic E-state index is 13.2. The molecule has 2 bridgehead atoms. The number of aryl methyl sites for hydroxylation is 1. The topological polar surface area (TPSA) is 84.9 Å². The van der Waals surface area contributed by atoms with Gasteiger partial charge in [0.15, 0.2) is 0 Å². The van der Waals surface area contributed by atoms with E-state index in [9.17, 15) is 13.2 Å². The Morgan fingerprint density at radius 1 is 1.15 bits per heavy atom. The average molecular weight is 571 g/mol. The van der Waals surface area contributed by atoms with Gasteiger partial charge in [0.05, 0.1) is 23.8 Å². The van der Waals surface area contributed by atoms with E-state index in [1.165, 1.54) is 17.2 Å². The third kappa shape index (κ3) is 5.19. The molecule has 2 aromatic carbocycles. The molecule has 0 aromatic heterocycles. The number of halogens is 1. The number of benzene rings is 2. The van der Waals surface area contributed by atoms with Gasteiger partial charge in [0.2, 0.25) is 0 Å². The molecule has 1 fully saturated rings. The number of amides is 1. The zero-order valence-electron chi connectivity index (χ0n) is 22.2. The quantitative estimate of drug-likeness (QED) is 0.455. The van der Waals surface area contributed by atoms with Crippen LogP contribution in [0.1, 0.15) is 43.7 Å². The number of fused-ring (bicyclic) bond motifs is 4. The van der Waals surface area contributed by atoms with Crippen LogP contribution in [-0.2, 0) is 31.4 Å². The number of ether oxygens (including phenoxy) is 2. The molecule has 7 nitrogen and oxygen atoms in total. The van der Waals surface area contributed by atoms with E-state index in [1.54, 1.807) is 12.1 Å². The molecule has 9 heteroatoms. The Morgan fingerprint density at radius 2 is 2.03 bits per heavy atom. The third-order valence-electron chi connectivity index (χ3n) is 9.06. The molecule has 1 N–H and O–H groups in total. The molecule has 2 aromatic rings. The van der Waals surface area contributed by atoms with Crippen LogP contribution in [0.15, 0.2) is 53.4 Å². The maximum atomic E-state index is 13.2. The minimum Gasteiger partial charge on any atom is -0.490 e. The predicted molar refractivity (Wildman–Crippen MR) is 151 cm³/mol. The Balaban J connectivity index is 1.43. The first-order valence-corrected chi connectivity index (χ1v) is 15.7. The molecular formula is C30H35ClN2O5S.